The van der Waals surface area contributed by atoms with Crippen LogP contribution in [0.25, 0.3) is 0 Å². The van der Waals surface area contributed by atoms with E-state index in [2.05, 4.69) is 5.32 Å². The summed E-state index contributed by atoms with van der Waals surface area (Å²) in [6.07, 6.45) is 3.12. The standard InChI is InChI=1S/C13H27NO4/c1-4-8-14-13(2,12(15)16)7-5-10-18-11-6-9-17-3/h14H,4-11H2,1-3H3,(H,15,16). The van der Waals surface area contributed by atoms with Crippen molar-refractivity contribution < 1.29 is 19.4 Å². The first kappa shape index (κ1) is 17.4. The lowest BCUT2D eigenvalue weighted by Crippen LogP contribution is -2.49. The number of methoxy groups -OCH3 is 1. The van der Waals surface area contributed by atoms with Gasteiger partial charge in [-0.1, -0.05) is 6.92 Å². The van der Waals surface area contributed by atoms with Crippen molar-refractivity contribution in [3.05, 3.63) is 0 Å². The molecule has 108 valence electrons. The number of carboxylic acids is 1. The summed E-state index contributed by atoms with van der Waals surface area (Å²) in [7, 11) is 1.66. The number of hydrogen-bond acceptors (Lipinski definition) is 4. The highest BCUT2D eigenvalue weighted by atomic mass is 16.5. The van der Waals surface area contributed by atoms with Crippen LogP contribution in [0.5, 0.6) is 0 Å². The molecule has 0 aliphatic carbocycles. The molecule has 0 heterocycles. The third kappa shape index (κ3) is 7.63. The lowest BCUT2D eigenvalue weighted by atomic mass is 9.96. The average molecular weight is 261 g/mol. The zero-order valence-corrected chi connectivity index (χ0v) is 11.8. The van der Waals surface area contributed by atoms with Gasteiger partial charge in [-0.3, -0.25) is 4.79 Å². The fraction of sp³-hybridized carbons (Fsp3) is 0.923. The lowest BCUT2D eigenvalue weighted by molar-refractivity contribution is -0.144. The van der Waals surface area contributed by atoms with Crippen LogP contribution in [0.4, 0.5) is 0 Å². The van der Waals surface area contributed by atoms with Gasteiger partial charge in [0, 0.05) is 26.9 Å². The van der Waals surface area contributed by atoms with E-state index in [1.54, 1.807) is 14.0 Å². The summed E-state index contributed by atoms with van der Waals surface area (Å²) >= 11 is 0. The van der Waals surface area contributed by atoms with Crippen LogP contribution in [-0.4, -0.2) is 50.1 Å². The molecule has 0 rings (SSSR count). The summed E-state index contributed by atoms with van der Waals surface area (Å²) in [5.74, 6) is -0.796. The molecule has 2 N–H and O–H groups in total. The van der Waals surface area contributed by atoms with E-state index < -0.39 is 11.5 Å². The fourth-order valence-corrected chi connectivity index (χ4v) is 1.61. The number of rotatable bonds is 12. The van der Waals surface area contributed by atoms with Gasteiger partial charge in [0.1, 0.15) is 5.54 Å². The quantitative estimate of drug-likeness (QED) is 0.523. The van der Waals surface area contributed by atoms with Crippen molar-refractivity contribution in [1.29, 1.82) is 0 Å². The van der Waals surface area contributed by atoms with Crippen LogP contribution in [0.3, 0.4) is 0 Å². The van der Waals surface area contributed by atoms with Crippen LogP contribution >= 0.6 is 0 Å². The summed E-state index contributed by atoms with van der Waals surface area (Å²) in [6, 6.07) is 0. The van der Waals surface area contributed by atoms with E-state index >= 15 is 0 Å². The third-order valence-corrected chi connectivity index (χ3v) is 2.84. The fourth-order valence-electron chi connectivity index (χ4n) is 1.61. The van der Waals surface area contributed by atoms with Crippen molar-refractivity contribution >= 4 is 5.97 Å². The van der Waals surface area contributed by atoms with Gasteiger partial charge in [-0.2, -0.15) is 0 Å². The predicted molar refractivity (Wildman–Crippen MR) is 70.9 cm³/mol. The summed E-state index contributed by atoms with van der Waals surface area (Å²) in [4.78, 5) is 11.2. The molecule has 5 nitrogen and oxygen atoms in total. The van der Waals surface area contributed by atoms with Gasteiger partial charge >= 0.3 is 5.97 Å². The number of nitrogens with one attached hydrogen (secondary N) is 1. The van der Waals surface area contributed by atoms with Crippen molar-refractivity contribution in [1.82, 2.24) is 5.32 Å². The molecular formula is C13H27NO4. The van der Waals surface area contributed by atoms with Gasteiger partial charge in [0.05, 0.1) is 0 Å². The maximum Gasteiger partial charge on any atom is 0.323 e. The number of carboxylic acid groups (broad SMARTS) is 1. The molecule has 0 fully saturated rings. The summed E-state index contributed by atoms with van der Waals surface area (Å²) < 4.78 is 10.3. The van der Waals surface area contributed by atoms with Crippen LogP contribution in [0.2, 0.25) is 0 Å². The Morgan fingerprint density at radius 2 is 1.94 bits per heavy atom. The molecule has 18 heavy (non-hydrogen) atoms. The highest BCUT2D eigenvalue weighted by molar-refractivity contribution is 5.78. The molecule has 0 aromatic heterocycles. The van der Waals surface area contributed by atoms with E-state index in [1.165, 1.54) is 0 Å². The van der Waals surface area contributed by atoms with Crippen molar-refractivity contribution in [2.75, 3.05) is 33.5 Å². The van der Waals surface area contributed by atoms with Crippen LogP contribution < -0.4 is 5.32 Å². The van der Waals surface area contributed by atoms with Gasteiger partial charge in [0.25, 0.3) is 0 Å². The molecule has 0 amide bonds. The highest BCUT2D eigenvalue weighted by Gasteiger charge is 2.31. The van der Waals surface area contributed by atoms with Gasteiger partial charge in [0.15, 0.2) is 0 Å². The van der Waals surface area contributed by atoms with Crippen LogP contribution in [0.1, 0.15) is 39.5 Å². The Kier molecular flexibility index (Phi) is 9.92. The topological polar surface area (TPSA) is 67.8 Å². The molecular weight excluding hydrogens is 234 g/mol. The first-order chi connectivity index (χ1) is 8.56. The van der Waals surface area contributed by atoms with Gasteiger partial charge in [-0.25, -0.2) is 0 Å². The molecule has 0 aromatic carbocycles. The number of aliphatic carboxylic acids is 1. The Hall–Kier alpha value is -0.650. The van der Waals surface area contributed by atoms with Gasteiger partial charge in [-0.05, 0) is 39.2 Å². The van der Waals surface area contributed by atoms with Crippen LogP contribution in [-0.2, 0) is 14.3 Å². The zero-order valence-electron chi connectivity index (χ0n) is 11.8. The molecule has 0 spiro atoms. The summed E-state index contributed by atoms with van der Waals surface area (Å²) in [6.45, 7) is 6.44. The Morgan fingerprint density at radius 1 is 1.28 bits per heavy atom. The molecule has 1 atom stereocenters. The molecule has 0 radical (unpaired) electrons. The molecule has 0 saturated carbocycles. The van der Waals surface area contributed by atoms with Gasteiger partial charge < -0.3 is 19.9 Å². The van der Waals surface area contributed by atoms with E-state index in [0.29, 0.717) is 26.2 Å². The van der Waals surface area contributed by atoms with Crippen molar-refractivity contribution in [3.8, 4) is 0 Å². The van der Waals surface area contributed by atoms with Crippen molar-refractivity contribution in [2.45, 2.75) is 45.1 Å². The minimum atomic E-state index is -0.841. The molecule has 0 bridgehead atoms. The molecule has 1 unspecified atom stereocenters. The maximum atomic E-state index is 11.2. The van der Waals surface area contributed by atoms with E-state index in [1.807, 2.05) is 6.92 Å². The molecule has 0 aliphatic heterocycles. The monoisotopic (exact) mass is 261 g/mol. The average Bonchev–Trinajstić information content (AvgIpc) is 2.35. The Morgan fingerprint density at radius 3 is 2.50 bits per heavy atom. The minimum Gasteiger partial charge on any atom is -0.480 e. The van der Waals surface area contributed by atoms with Gasteiger partial charge in [-0.15, -0.1) is 0 Å². The van der Waals surface area contributed by atoms with Crippen LogP contribution in [0.15, 0.2) is 0 Å². The smallest absolute Gasteiger partial charge is 0.323 e. The van der Waals surface area contributed by atoms with Crippen molar-refractivity contribution in [3.63, 3.8) is 0 Å². The Balaban J connectivity index is 3.73. The largest absolute Gasteiger partial charge is 0.480 e. The van der Waals surface area contributed by atoms with Crippen molar-refractivity contribution in [2.24, 2.45) is 0 Å². The second-order valence-electron chi connectivity index (χ2n) is 4.63. The third-order valence-electron chi connectivity index (χ3n) is 2.84. The predicted octanol–water partition coefficient (Wildman–Crippen LogP) is 1.66. The summed E-state index contributed by atoms with van der Waals surface area (Å²) in [5.41, 5.74) is -0.841. The normalized spacial score (nSPS) is 14.4. The Labute approximate surface area is 110 Å². The minimum absolute atomic E-state index is 0.576. The highest BCUT2D eigenvalue weighted by Crippen LogP contribution is 2.13. The second kappa shape index (κ2) is 10.3. The Bertz CT molecular complexity index is 223. The summed E-state index contributed by atoms with van der Waals surface area (Å²) in [5, 5.41) is 12.3. The van der Waals surface area contributed by atoms with Gasteiger partial charge in [0.2, 0.25) is 0 Å². The molecule has 0 aromatic rings. The molecule has 0 saturated heterocycles. The van der Waals surface area contributed by atoms with E-state index in [4.69, 9.17) is 9.47 Å². The first-order valence-electron chi connectivity index (χ1n) is 6.62. The lowest BCUT2D eigenvalue weighted by Gasteiger charge is -2.26. The second-order valence-corrected chi connectivity index (χ2v) is 4.63. The van der Waals surface area contributed by atoms with Crippen LogP contribution in [0, 0.1) is 0 Å². The molecule has 5 heteroatoms. The van der Waals surface area contributed by atoms with E-state index in [9.17, 15) is 9.90 Å². The SMILES string of the molecule is CCCNC(C)(CCCOCCCOC)C(=O)O. The zero-order chi connectivity index (χ0) is 13.9. The van der Waals surface area contributed by atoms with E-state index in [-0.39, 0.29) is 0 Å². The number of ether oxygens (including phenoxy) is 2. The molecule has 0 aliphatic rings. The first-order valence-corrected chi connectivity index (χ1v) is 6.62. The maximum absolute atomic E-state index is 11.2. The van der Waals surface area contributed by atoms with E-state index in [0.717, 1.165) is 25.8 Å². The number of hydrogen-bond donors (Lipinski definition) is 2. The number of carbonyl (C=O) groups is 1.